The average molecular weight is 1640 g/mol. The number of nitrogens with two attached hydrogens (primary N) is 1. The number of amides is 5. The Labute approximate surface area is 692 Å². The number of aromatic hydroxyl groups is 2. The van der Waals surface area contributed by atoms with Crippen LogP contribution >= 0.6 is 22.7 Å². The van der Waals surface area contributed by atoms with Crippen LogP contribution < -0.4 is 34.2 Å². The predicted molar refractivity (Wildman–Crippen MR) is 448 cm³/mol. The largest absolute Gasteiger partial charge is 0.508 e. The van der Waals surface area contributed by atoms with E-state index in [9.17, 15) is 48.6 Å². The summed E-state index contributed by atoms with van der Waals surface area (Å²) in [7, 11) is 0. The lowest BCUT2D eigenvalue weighted by molar-refractivity contribution is -0.155. The Morgan fingerprint density at radius 2 is 0.983 bits per heavy atom. The number of esters is 1. The van der Waals surface area contributed by atoms with Crippen molar-refractivity contribution in [3.63, 3.8) is 0 Å². The normalized spacial score (nSPS) is 15.8. The molecule has 4 aliphatic heterocycles. The molecule has 2 atom stereocenters. The standard InChI is InChI=1S/C46H50N4O9S.C43H41N3O8S.C2H3N/c1-29-5-7-30(8-6-29)43-42(37-15-9-32(51)26-39(37)60-43)58-34-12-10-33(11-13-34)56-24-23-48-19-21-49(22-20-48)40(52)28-57-35-14-16-36-31(25-35)27-50(45(36)55)38(44(47)54)17-18-41(53)59-46(2,3)4;1-27-2-4-28(5-3-27)42-41(36-13-6-31(48)24-39(36)55-42)54-33-10-8-32(9-11-33)52-21-20-44-16-18-45(19-17-44)40(50)26-53-34-12-14-35-29(22-34)25-46(43(35)51)37-15-7-30(47)23-38(37)49;1-2-3/h5-16,25-26,38,51H,17-24,27-28H2,1-4H3,(H2,47,54);2-6,8-14,22,24,37,48H,7,15-21,23,25-26H2,1H3;1H3/t38-;37-;/m00./s1. The summed E-state index contributed by atoms with van der Waals surface area (Å²) in [6, 6.07) is 52.7. The minimum Gasteiger partial charge on any atom is -0.508 e. The molecule has 2 aromatic heterocycles. The van der Waals surface area contributed by atoms with Crippen LogP contribution in [0.1, 0.15) is 103 Å². The lowest BCUT2D eigenvalue weighted by Crippen LogP contribution is -2.50. The van der Waals surface area contributed by atoms with Crippen LogP contribution in [0.4, 0.5) is 0 Å². The number of piperazine rings is 2. The zero-order valence-electron chi connectivity index (χ0n) is 66.7. The molecule has 15 rings (SSSR count). The van der Waals surface area contributed by atoms with Gasteiger partial charge in [0.25, 0.3) is 23.6 Å². The molecule has 0 spiro atoms. The van der Waals surface area contributed by atoms with E-state index in [1.165, 1.54) is 23.0 Å². The number of aryl methyl sites for hydroxylation is 2. The minimum atomic E-state index is -0.976. The maximum Gasteiger partial charge on any atom is 0.306 e. The lowest BCUT2D eigenvalue weighted by atomic mass is 9.92. The van der Waals surface area contributed by atoms with Gasteiger partial charge in [-0.25, -0.2) is 0 Å². The number of phenols is 2. The van der Waals surface area contributed by atoms with E-state index in [1.807, 2.05) is 60.7 Å². The quantitative estimate of drug-likeness (QED) is 0.0335. The number of nitrogens with zero attached hydrogens (tertiary/aromatic N) is 7. The van der Waals surface area contributed by atoms with Crippen molar-refractivity contribution in [2.45, 2.75) is 104 Å². The van der Waals surface area contributed by atoms with Crippen molar-refractivity contribution in [2.75, 3.05) is 91.9 Å². The molecule has 10 aromatic rings. The number of Topliss-reactive ketones (excluding diaryl/α,β-unsaturated/α-hetero) is 2. The van der Waals surface area contributed by atoms with Crippen LogP contribution in [0.25, 0.3) is 41.1 Å². The van der Waals surface area contributed by atoms with Crippen LogP contribution in [0.3, 0.4) is 0 Å². The van der Waals surface area contributed by atoms with Gasteiger partial charge in [0.05, 0.1) is 28.3 Å². The number of hydrogen-bond acceptors (Lipinski definition) is 22. The van der Waals surface area contributed by atoms with Crippen LogP contribution in [-0.4, -0.2) is 196 Å². The fourth-order valence-electron chi connectivity index (χ4n) is 14.7. The topological polar surface area (TPSA) is 311 Å². The number of ketones is 2. The molecule has 1 saturated carbocycles. The Kier molecular flexibility index (Phi) is 26.7. The fraction of sp³-hybridized carbons (Fsp3) is 0.330. The summed E-state index contributed by atoms with van der Waals surface area (Å²) in [4.78, 5) is 114. The Balaban J connectivity index is 0.000000199. The van der Waals surface area contributed by atoms with Crippen molar-refractivity contribution < 1.29 is 81.7 Å². The van der Waals surface area contributed by atoms with Crippen molar-refractivity contribution in [2.24, 2.45) is 5.73 Å². The highest BCUT2D eigenvalue weighted by molar-refractivity contribution is 7.23. The molecule has 6 heterocycles. The Bertz CT molecular complexity index is 5390. The summed E-state index contributed by atoms with van der Waals surface area (Å²) in [6.45, 7) is 18.5. The van der Waals surface area contributed by atoms with E-state index in [2.05, 4.69) is 72.2 Å². The maximum atomic E-state index is 13.2. The van der Waals surface area contributed by atoms with Crippen LogP contribution in [0, 0.1) is 25.2 Å². The zero-order valence-corrected chi connectivity index (χ0v) is 68.3. The number of nitriles is 1. The highest BCUT2D eigenvalue weighted by Gasteiger charge is 2.40. The molecule has 1 aliphatic carbocycles. The minimum absolute atomic E-state index is 0.0474. The molecule has 118 heavy (non-hydrogen) atoms. The molecule has 25 nitrogen and oxygen atoms in total. The van der Waals surface area contributed by atoms with E-state index in [-0.39, 0.29) is 92.3 Å². The number of phenolic OH excluding ortho intramolecular Hbond substituents is 2. The highest BCUT2D eigenvalue weighted by atomic mass is 32.1. The number of fused-ring (bicyclic) bond motifs is 4. The number of benzene rings is 8. The van der Waals surface area contributed by atoms with Gasteiger partial charge in [0, 0.05) is 130 Å². The van der Waals surface area contributed by atoms with Crippen LogP contribution in [0.5, 0.6) is 57.5 Å². The van der Waals surface area contributed by atoms with Crippen molar-refractivity contribution >= 4 is 89.9 Å². The second-order valence-electron chi connectivity index (χ2n) is 30.5. The summed E-state index contributed by atoms with van der Waals surface area (Å²) < 4.78 is 44.0. The molecule has 0 radical (unpaired) electrons. The molecule has 5 amide bonds. The first-order chi connectivity index (χ1) is 56.8. The molecule has 5 aliphatic rings. The van der Waals surface area contributed by atoms with Crippen molar-refractivity contribution in [1.82, 2.24) is 29.4 Å². The molecule has 4 N–H and O–H groups in total. The van der Waals surface area contributed by atoms with Gasteiger partial charge in [0.15, 0.2) is 30.5 Å². The average Bonchev–Trinajstić information content (AvgIpc) is 1.63. The summed E-state index contributed by atoms with van der Waals surface area (Å²) >= 11 is 3.17. The van der Waals surface area contributed by atoms with Gasteiger partial charge < -0.3 is 68.7 Å². The molecule has 27 heteroatoms. The Hall–Kier alpha value is -12.4. The first-order valence-electron chi connectivity index (χ1n) is 39.3. The molecular weight excluding hydrogens is 1540 g/mol. The van der Waals surface area contributed by atoms with Crippen molar-refractivity contribution in [3.05, 3.63) is 203 Å². The third kappa shape index (κ3) is 20.9. The van der Waals surface area contributed by atoms with E-state index in [0.717, 1.165) is 89.2 Å². The van der Waals surface area contributed by atoms with Gasteiger partial charge in [-0.2, -0.15) is 5.26 Å². The maximum absolute atomic E-state index is 13.2. The summed E-state index contributed by atoms with van der Waals surface area (Å²) in [6.07, 6.45) is 0.537. The summed E-state index contributed by atoms with van der Waals surface area (Å²) in [5.41, 5.74) is 11.8. The van der Waals surface area contributed by atoms with Gasteiger partial charge in [-0.05, 0) is 191 Å². The monoisotopic (exact) mass is 1630 g/mol. The number of ether oxygens (including phenoxy) is 7. The summed E-state index contributed by atoms with van der Waals surface area (Å²) in [5, 5.41) is 29.4. The number of rotatable bonds is 26. The van der Waals surface area contributed by atoms with Gasteiger partial charge >= 0.3 is 5.97 Å². The van der Waals surface area contributed by atoms with E-state index in [0.29, 0.717) is 112 Å². The third-order valence-corrected chi connectivity index (χ3v) is 23.2. The van der Waals surface area contributed by atoms with E-state index < -0.39 is 29.6 Å². The van der Waals surface area contributed by atoms with E-state index >= 15 is 0 Å². The SMILES string of the molecule is CC#N.Cc1ccc(-c2sc3cc(O)ccc3c2Oc2ccc(OCCN3CCN(C(=O)COc4ccc5c(c4)CN([C@@H](CCC(=O)OC(C)(C)C)C(N)=O)C5=O)CC3)cc2)cc1.Cc1ccc(-c2sc3cc(O)ccc3c2Oc2ccc(OCCN3CCN(C(=O)COc4ccc5c(c4)CN([C@H]4CCC(=O)CC4=O)C5=O)CC3)cc2)cc1. The molecule has 8 aromatic carbocycles. The number of thiophene rings is 2. The van der Waals surface area contributed by atoms with Gasteiger partial charge in [0.2, 0.25) is 5.91 Å². The summed E-state index contributed by atoms with van der Waals surface area (Å²) in [5.74, 6) is 3.42. The van der Waals surface area contributed by atoms with Gasteiger partial charge in [0.1, 0.15) is 76.6 Å². The van der Waals surface area contributed by atoms with E-state index in [4.69, 9.17) is 44.2 Å². The van der Waals surface area contributed by atoms with E-state index in [1.54, 1.807) is 125 Å². The number of hydrogen-bond donors (Lipinski definition) is 3. The first-order valence-corrected chi connectivity index (χ1v) is 40.9. The fourth-order valence-corrected chi connectivity index (χ4v) is 17.0. The van der Waals surface area contributed by atoms with Gasteiger partial charge in [-0.3, -0.25) is 48.2 Å². The Morgan fingerprint density at radius 1 is 0.551 bits per heavy atom. The number of carbonyl (C=O) groups is 8. The van der Waals surface area contributed by atoms with Crippen LogP contribution in [0.2, 0.25) is 0 Å². The van der Waals surface area contributed by atoms with Gasteiger partial charge in [-0.1, -0.05) is 59.7 Å². The molecule has 612 valence electrons. The lowest BCUT2D eigenvalue weighted by Gasteiger charge is -2.34. The smallest absolute Gasteiger partial charge is 0.306 e. The van der Waals surface area contributed by atoms with Crippen LogP contribution in [0.15, 0.2) is 170 Å². The highest BCUT2D eigenvalue weighted by Crippen LogP contribution is 2.49. The second kappa shape index (κ2) is 37.7. The van der Waals surface area contributed by atoms with Gasteiger partial charge in [-0.15, -0.1) is 22.7 Å². The number of carbonyl (C=O) groups excluding carboxylic acids is 8. The number of primary amides is 1. The third-order valence-electron chi connectivity index (χ3n) is 20.9. The molecule has 2 saturated heterocycles. The predicted octanol–water partition coefficient (Wildman–Crippen LogP) is 14.1. The van der Waals surface area contributed by atoms with Crippen molar-refractivity contribution in [3.8, 4) is 84.4 Å². The molecule has 3 fully saturated rings. The zero-order chi connectivity index (χ0) is 83.3. The van der Waals surface area contributed by atoms with Crippen LogP contribution in [-0.2, 0) is 46.6 Å². The molecule has 0 bridgehead atoms. The molecule has 0 unspecified atom stereocenters. The first kappa shape index (κ1) is 83.6. The van der Waals surface area contributed by atoms with Crippen molar-refractivity contribution in [1.29, 1.82) is 5.26 Å². The Morgan fingerprint density at radius 3 is 1.42 bits per heavy atom. The second-order valence-corrected chi connectivity index (χ2v) is 32.6. The molecular formula is C91H94N8O17S2.